The molecule has 1 aromatic rings. The van der Waals surface area contributed by atoms with E-state index in [0.717, 1.165) is 0 Å². The zero-order valence-electron chi connectivity index (χ0n) is 8.44. The Morgan fingerprint density at radius 1 is 1.57 bits per heavy atom. The molecule has 5 heteroatoms. The molecule has 0 aliphatic rings. The predicted molar refractivity (Wildman–Crippen MR) is 51.8 cm³/mol. The van der Waals surface area contributed by atoms with Gasteiger partial charge in [-0.25, -0.2) is 9.97 Å². The van der Waals surface area contributed by atoms with E-state index in [2.05, 4.69) is 9.97 Å². The summed E-state index contributed by atoms with van der Waals surface area (Å²) in [7, 11) is 0. The van der Waals surface area contributed by atoms with E-state index in [9.17, 15) is 4.79 Å². The van der Waals surface area contributed by atoms with Gasteiger partial charge in [-0.2, -0.15) is 0 Å². The summed E-state index contributed by atoms with van der Waals surface area (Å²) in [4.78, 5) is 18.6. The van der Waals surface area contributed by atoms with Crippen molar-refractivity contribution in [3.8, 4) is 5.88 Å². The van der Waals surface area contributed by atoms with Gasteiger partial charge in [-0.05, 0) is 5.92 Å². The fourth-order valence-electron chi connectivity index (χ4n) is 1.02. The van der Waals surface area contributed by atoms with Gasteiger partial charge in [0.1, 0.15) is 5.82 Å². The Hall–Kier alpha value is -1.65. The van der Waals surface area contributed by atoms with Crippen molar-refractivity contribution in [2.45, 2.75) is 26.7 Å². The largest absolute Gasteiger partial charge is 0.406 e. The predicted octanol–water partition coefficient (Wildman–Crippen LogP) is 1.11. The summed E-state index contributed by atoms with van der Waals surface area (Å²) in [5.74, 6) is 0.295. The number of nitrogens with two attached hydrogens (primary N) is 1. The van der Waals surface area contributed by atoms with Crippen LogP contribution in [0.15, 0.2) is 6.20 Å². The van der Waals surface area contributed by atoms with Crippen molar-refractivity contribution in [3.05, 3.63) is 11.9 Å². The number of aromatic nitrogens is 2. The molecule has 14 heavy (non-hydrogen) atoms. The fourth-order valence-corrected chi connectivity index (χ4v) is 1.02. The van der Waals surface area contributed by atoms with Gasteiger partial charge in [-0.1, -0.05) is 13.8 Å². The van der Waals surface area contributed by atoms with Crippen LogP contribution in [0.3, 0.4) is 0 Å². The zero-order valence-corrected chi connectivity index (χ0v) is 8.44. The van der Waals surface area contributed by atoms with Crippen molar-refractivity contribution in [2.24, 2.45) is 0 Å². The third-order valence-corrected chi connectivity index (χ3v) is 1.60. The maximum absolute atomic E-state index is 10.7. The molecule has 1 heterocycles. The van der Waals surface area contributed by atoms with E-state index in [1.165, 1.54) is 13.1 Å². The van der Waals surface area contributed by atoms with Crippen molar-refractivity contribution < 1.29 is 9.53 Å². The Morgan fingerprint density at radius 3 is 2.71 bits per heavy atom. The summed E-state index contributed by atoms with van der Waals surface area (Å²) < 4.78 is 4.79. The lowest BCUT2D eigenvalue weighted by Gasteiger charge is -2.08. The van der Waals surface area contributed by atoms with Gasteiger partial charge in [0.15, 0.2) is 0 Å². The highest BCUT2D eigenvalue weighted by Gasteiger charge is 2.10. The smallest absolute Gasteiger partial charge is 0.309 e. The molecule has 0 radical (unpaired) electrons. The summed E-state index contributed by atoms with van der Waals surface area (Å²) in [5, 5.41) is 0. The number of esters is 1. The van der Waals surface area contributed by atoms with Gasteiger partial charge in [0.25, 0.3) is 0 Å². The molecule has 0 saturated heterocycles. The number of carbonyl (C=O) groups is 1. The van der Waals surface area contributed by atoms with Gasteiger partial charge in [-0.3, -0.25) is 4.79 Å². The molecule has 0 atom stereocenters. The Labute approximate surface area is 82.3 Å². The molecule has 0 saturated carbocycles. The zero-order chi connectivity index (χ0) is 10.7. The molecule has 0 fully saturated rings. The monoisotopic (exact) mass is 195 g/mol. The lowest BCUT2D eigenvalue weighted by molar-refractivity contribution is -0.132. The van der Waals surface area contributed by atoms with Crippen LogP contribution in [0.4, 0.5) is 5.82 Å². The SMILES string of the molecule is CC(=O)Oc1cnc(N)c(C(C)C)n1. The Balaban J connectivity index is 3.00. The number of nitrogens with zero attached hydrogens (tertiary/aromatic N) is 2. The van der Waals surface area contributed by atoms with Crippen LogP contribution < -0.4 is 10.5 Å². The summed E-state index contributed by atoms with van der Waals surface area (Å²) in [5.41, 5.74) is 6.25. The molecule has 1 rings (SSSR count). The summed E-state index contributed by atoms with van der Waals surface area (Å²) in [6.07, 6.45) is 1.34. The van der Waals surface area contributed by atoms with E-state index in [-0.39, 0.29) is 11.8 Å². The molecule has 2 N–H and O–H groups in total. The van der Waals surface area contributed by atoms with Crippen molar-refractivity contribution in [1.29, 1.82) is 0 Å². The quantitative estimate of drug-likeness (QED) is 0.715. The van der Waals surface area contributed by atoms with Gasteiger partial charge < -0.3 is 10.5 Å². The lowest BCUT2D eigenvalue weighted by atomic mass is 10.1. The van der Waals surface area contributed by atoms with Crippen LogP contribution in [0.5, 0.6) is 5.88 Å². The van der Waals surface area contributed by atoms with Crippen LogP contribution >= 0.6 is 0 Å². The minimum atomic E-state index is -0.418. The van der Waals surface area contributed by atoms with Gasteiger partial charge in [-0.15, -0.1) is 0 Å². The van der Waals surface area contributed by atoms with Crippen molar-refractivity contribution in [2.75, 3.05) is 5.73 Å². The summed E-state index contributed by atoms with van der Waals surface area (Å²) in [6, 6.07) is 0. The number of ether oxygens (including phenoxy) is 1. The van der Waals surface area contributed by atoms with Gasteiger partial charge in [0.05, 0.1) is 11.9 Å². The second kappa shape index (κ2) is 4.04. The summed E-state index contributed by atoms with van der Waals surface area (Å²) >= 11 is 0. The normalized spacial score (nSPS) is 10.3. The van der Waals surface area contributed by atoms with E-state index in [0.29, 0.717) is 11.5 Å². The lowest BCUT2D eigenvalue weighted by Crippen LogP contribution is -2.08. The van der Waals surface area contributed by atoms with Crippen LogP contribution in [-0.4, -0.2) is 15.9 Å². The Kier molecular flexibility index (Phi) is 3.01. The van der Waals surface area contributed by atoms with E-state index in [4.69, 9.17) is 10.5 Å². The fraction of sp³-hybridized carbons (Fsp3) is 0.444. The second-order valence-electron chi connectivity index (χ2n) is 3.23. The molecular formula is C9H13N3O2. The highest BCUT2D eigenvalue weighted by atomic mass is 16.5. The number of rotatable bonds is 2. The minimum absolute atomic E-state index is 0.151. The average Bonchev–Trinajstić information content (AvgIpc) is 2.07. The van der Waals surface area contributed by atoms with Crippen molar-refractivity contribution in [3.63, 3.8) is 0 Å². The minimum Gasteiger partial charge on any atom is -0.406 e. The molecule has 0 unspecified atom stereocenters. The van der Waals surface area contributed by atoms with Gasteiger partial charge in [0, 0.05) is 6.92 Å². The molecule has 0 aliphatic heterocycles. The highest BCUT2D eigenvalue weighted by Crippen LogP contribution is 2.19. The maximum Gasteiger partial charge on any atom is 0.309 e. The molecule has 5 nitrogen and oxygen atoms in total. The molecule has 0 spiro atoms. The number of hydrogen-bond donors (Lipinski definition) is 1. The Morgan fingerprint density at radius 2 is 2.21 bits per heavy atom. The molecule has 0 amide bonds. The summed E-state index contributed by atoms with van der Waals surface area (Å²) in [6.45, 7) is 5.20. The van der Waals surface area contributed by atoms with Gasteiger partial charge >= 0.3 is 5.97 Å². The van der Waals surface area contributed by atoms with Crippen LogP contribution in [0.1, 0.15) is 32.4 Å². The number of hydrogen-bond acceptors (Lipinski definition) is 5. The van der Waals surface area contributed by atoms with Crippen LogP contribution in [-0.2, 0) is 4.79 Å². The average molecular weight is 195 g/mol. The van der Waals surface area contributed by atoms with Crippen molar-refractivity contribution >= 4 is 11.8 Å². The van der Waals surface area contributed by atoms with Crippen LogP contribution in [0.2, 0.25) is 0 Å². The van der Waals surface area contributed by atoms with Crippen molar-refractivity contribution in [1.82, 2.24) is 9.97 Å². The molecule has 76 valence electrons. The first-order valence-corrected chi connectivity index (χ1v) is 4.31. The highest BCUT2D eigenvalue weighted by molar-refractivity contribution is 5.68. The van der Waals surface area contributed by atoms with E-state index >= 15 is 0 Å². The molecular weight excluding hydrogens is 182 g/mol. The van der Waals surface area contributed by atoms with Crippen LogP contribution in [0, 0.1) is 0 Å². The number of nitrogen functional groups attached to an aromatic ring is 1. The first kappa shape index (κ1) is 10.4. The number of anilines is 1. The topological polar surface area (TPSA) is 78.1 Å². The molecule has 1 aromatic heterocycles. The molecule has 0 aliphatic carbocycles. The first-order valence-electron chi connectivity index (χ1n) is 4.31. The van der Waals surface area contributed by atoms with E-state index < -0.39 is 5.97 Å². The third-order valence-electron chi connectivity index (χ3n) is 1.60. The molecule has 0 aromatic carbocycles. The Bertz CT molecular complexity index is 350. The maximum atomic E-state index is 10.7. The standard InChI is InChI=1S/C9H13N3O2/c1-5(2)8-9(10)11-4-7(12-8)14-6(3)13/h4-5H,1-3H3,(H2,10,11). The first-order chi connectivity index (χ1) is 6.50. The van der Waals surface area contributed by atoms with E-state index in [1.54, 1.807) is 0 Å². The second-order valence-corrected chi connectivity index (χ2v) is 3.23. The van der Waals surface area contributed by atoms with Crippen LogP contribution in [0.25, 0.3) is 0 Å². The van der Waals surface area contributed by atoms with Gasteiger partial charge in [0.2, 0.25) is 5.88 Å². The third kappa shape index (κ3) is 2.42. The number of carbonyl (C=O) groups excluding carboxylic acids is 1. The van der Waals surface area contributed by atoms with E-state index in [1.807, 2.05) is 13.8 Å². The molecule has 0 bridgehead atoms.